The van der Waals surface area contributed by atoms with Crippen molar-refractivity contribution in [2.75, 3.05) is 13.2 Å². The van der Waals surface area contributed by atoms with Gasteiger partial charge >= 0.3 is 5.97 Å². The molecule has 0 unspecified atom stereocenters. The summed E-state index contributed by atoms with van der Waals surface area (Å²) >= 11 is 0. The number of aromatic carboxylic acids is 1. The number of hydrogen-bond acceptors (Lipinski definition) is 4. The largest absolute Gasteiger partial charge is 0.494 e. The minimum absolute atomic E-state index is 0.0343. The van der Waals surface area contributed by atoms with E-state index in [0.717, 1.165) is 11.4 Å². The number of carbonyl (C=O) groups is 1. The van der Waals surface area contributed by atoms with Gasteiger partial charge in [0, 0.05) is 18.4 Å². The number of rotatable bonds is 6. The van der Waals surface area contributed by atoms with Crippen molar-refractivity contribution in [1.82, 2.24) is 9.78 Å². The second-order valence-electron chi connectivity index (χ2n) is 4.15. The Kier molecular flexibility index (Phi) is 4.37. The summed E-state index contributed by atoms with van der Waals surface area (Å²) in [5.74, 6) is -0.351. The summed E-state index contributed by atoms with van der Waals surface area (Å²) in [7, 11) is 0. The number of aromatic nitrogens is 2. The van der Waals surface area contributed by atoms with Gasteiger partial charge in [-0.1, -0.05) is 0 Å². The van der Waals surface area contributed by atoms with Crippen molar-refractivity contribution in [3.05, 3.63) is 41.7 Å². The molecule has 0 aliphatic rings. The van der Waals surface area contributed by atoms with Crippen LogP contribution in [0.5, 0.6) is 5.75 Å². The molecule has 2 aromatic rings. The van der Waals surface area contributed by atoms with Crippen LogP contribution in [0.1, 0.15) is 23.0 Å². The molecule has 0 aliphatic carbocycles. The molecule has 0 amide bonds. The summed E-state index contributed by atoms with van der Waals surface area (Å²) < 4.78 is 6.84. The van der Waals surface area contributed by atoms with Crippen LogP contribution in [-0.2, 0) is 6.42 Å². The summed E-state index contributed by atoms with van der Waals surface area (Å²) in [6.07, 6.45) is 1.88. The zero-order valence-corrected chi connectivity index (χ0v) is 11.1. The van der Waals surface area contributed by atoms with E-state index < -0.39 is 5.97 Å². The summed E-state index contributed by atoms with van der Waals surface area (Å²) in [4.78, 5) is 11.1. The van der Waals surface area contributed by atoms with Crippen molar-refractivity contribution in [1.29, 1.82) is 0 Å². The normalized spacial score (nSPS) is 10.5. The monoisotopic (exact) mass is 276 g/mol. The van der Waals surface area contributed by atoms with Crippen molar-refractivity contribution >= 4 is 5.97 Å². The number of ether oxygens (including phenoxy) is 1. The molecule has 0 saturated heterocycles. The Morgan fingerprint density at radius 1 is 1.35 bits per heavy atom. The molecule has 0 radical (unpaired) electrons. The van der Waals surface area contributed by atoms with E-state index >= 15 is 0 Å². The Labute approximate surface area is 116 Å². The van der Waals surface area contributed by atoms with Crippen LogP contribution >= 0.6 is 0 Å². The van der Waals surface area contributed by atoms with Crippen molar-refractivity contribution in [3.8, 4) is 11.4 Å². The van der Waals surface area contributed by atoms with Crippen LogP contribution in [0.25, 0.3) is 5.69 Å². The first-order valence-electron chi connectivity index (χ1n) is 6.31. The van der Waals surface area contributed by atoms with Crippen LogP contribution in [-0.4, -0.2) is 39.2 Å². The average molecular weight is 276 g/mol. The topological polar surface area (TPSA) is 84.6 Å². The molecule has 2 N–H and O–H groups in total. The van der Waals surface area contributed by atoms with Gasteiger partial charge in [0.2, 0.25) is 0 Å². The number of benzene rings is 1. The Hall–Kier alpha value is -2.34. The van der Waals surface area contributed by atoms with Gasteiger partial charge in [0.25, 0.3) is 0 Å². The van der Waals surface area contributed by atoms with Crippen LogP contribution in [0.2, 0.25) is 0 Å². The number of hydrogen-bond donors (Lipinski definition) is 2. The first-order valence-corrected chi connectivity index (χ1v) is 6.31. The molecular weight excluding hydrogens is 260 g/mol. The lowest BCUT2D eigenvalue weighted by Crippen LogP contribution is -2.03. The Morgan fingerprint density at radius 2 is 2.05 bits per heavy atom. The summed E-state index contributed by atoms with van der Waals surface area (Å²) in [5, 5.41) is 22.1. The SMILES string of the molecule is CCOc1ccc(-n2cc(CCO)c(C(=O)O)n2)cc1. The lowest BCUT2D eigenvalue weighted by molar-refractivity contribution is 0.0688. The highest BCUT2D eigenvalue weighted by atomic mass is 16.5. The molecule has 106 valence electrons. The van der Waals surface area contributed by atoms with Gasteiger partial charge in [-0.2, -0.15) is 5.10 Å². The third-order valence-corrected chi connectivity index (χ3v) is 2.79. The van der Waals surface area contributed by atoms with Gasteiger partial charge < -0.3 is 14.9 Å². The molecular formula is C14H16N2O4. The molecule has 0 aliphatic heterocycles. The number of aliphatic hydroxyl groups excluding tert-OH is 1. The maximum atomic E-state index is 11.1. The fraction of sp³-hybridized carbons (Fsp3) is 0.286. The fourth-order valence-corrected chi connectivity index (χ4v) is 1.89. The second kappa shape index (κ2) is 6.21. The quantitative estimate of drug-likeness (QED) is 0.835. The summed E-state index contributed by atoms with van der Waals surface area (Å²) in [6, 6.07) is 7.19. The van der Waals surface area contributed by atoms with Gasteiger partial charge in [-0.15, -0.1) is 0 Å². The number of aliphatic hydroxyl groups is 1. The smallest absolute Gasteiger partial charge is 0.356 e. The molecule has 1 heterocycles. The van der Waals surface area contributed by atoms with Gasteiger partial charge in [-0.3, -0.25) is 0 Å². The molecule has 1 aromatic carbocycles. The van der Waals surface area contributed by atoms with Crippen molar-refractivity contribution < 1.29 is 19.7 Å². The van der Waals surface area contributed by atoms with Gasteiger partial charge in [-0.25, -0.2) is 9.48 Å². The van der Waals surface area contributed by atoms with Gasteiger partial charge in [0.15, 0.2) is 5.69 Å². The highest BCUT2D eigenvalue weighted by molar-refractivity contribution is 5.87. The van der Waals surface area contributed by atoms with E-state index in [1.165, 1.54) is 4.68 Å². The van der Waals surface area contributed by atoms with Crippen molar-refractivity contribution in [2.45, 2.75) is 13.3 Å². The maximum absolute atomic E-state index is 11.1. The van der Waals surface area contributed by atoms with Crippen molar-refractivity contribution in [2.24, 2.45) is 0 Å². The molecule has 6 nitrogen and oxygen atoms in total. The molecule has 20 heavy (non-hydrogen) atoms. The van der Waals surface area contributed by atoms with E-state index in [-0.39, 0.29) is 18.7 Å². The predicted octanol–water partition coefficient (Wildman–Crippen LogP) is 1.50. The van der Waals surface area contributed by atoms with Crippen LogP contribution in [0.15, 0.2) is 30.5 Å². The zero-order valence-electron chi connectivity index (χ0n) is 11.1. The Morgan fingerprint density at radius 3 is 2.60 bits per heavy atom. The average Bonchev–Trinajstić information content (AvgIpc) is 2.85. The molecule has 0 atom stereocenters. The highest BCUT2D eigenvalue weighted by Gasteiger charge is 2.15. The minimum atomic E-state index is -1.10. The van der Waals surface area contributed by atoms with Gasteiger partial charge in [-0.05, 0) is 37.6 Å². The Bertz CT molecular complexity index is 590. The molecule has 0 saturated carbocycles. The van der Waals surface area contributed by atoms with E-state index in [9.17, 15) is 4.79 Å². The molecule has 0 bridgehead atoms. The zero-order chi connectivity index (χ0) is 14.5. The molecule has 2 rings (SSSR count). The molecule has 0 spiro atoms. The number of carboxylic acids is 1. The third kappa shape index (κ3) is 2.97. The van der Waals surface area contributed by atoms with Crippen molar-refractivity contribution in [3.63, 3.8) is 0 Å². The number of carboxylic acid groups (broad SMARTS) is 1. The summed E-state index contributed by atoms with van der Waals surface area (Å²) in [5.41, 5.74) is 1.21. The minimum Gasteiger partial charge on any atom is -0.494 e. The maximum Gasteiger partial charge on any atom is 0.356 e. The van der Waals surface area contributed by atoms with Gasteiger partial charge in [0.1, 0.15) is 5.75 Å². The first kappa shape index (κ1) is 14.1. The molecule has 1 aromatic heterocycles. The first-order chi connectivity index (χ1) is 9.65. The lowest BCUT2D eigenvalue weighted by atomic mass is 10.2. The highest BCUT2D eigenvalue weighted by Crippen LogP contribution is 2.17. The second-order valence-corrected chi connectivity index (χ2v) is 4.15. The molecule has 0 fully saturated rings. The van der Waals surface area contributed by atoms with E-state index in [1.807, 2.05) is 6.92 Å². The fourth-order valence-electron chi connectivity index (χ4n) is 1.89. The number of nitrogens with zero attached hydrogens (tertiary/aromatic N) is 2. The van der Waals surface area contributed by atoms with E-state index in [1.54, 1.807) is 30.5 Å². The van der Waals surface area contributed by atoms with E-state index in [2.05, 4.69) is 5.10 Å². The molecule has 6 heteroatoms. The van der Waals surface area contributed by atoms with Crippen LogP contribution in [0.3, 0.4) is 0 Å². The van der Waals surface area contributed by atoms with Crippen LogP contribution in [0, 0.1) is 0 Å². The van der Waals surface area contributed by atoms with E-state index in [4.69, 9.17) is 14.9 Å². The lowest BCUT2D eigenvalue weighted by Gasteiger charge is -2.04. The standard InChI is InChI=1S/C14H16N2O4/c1-2-20-12-5-3-11(4-6-12)16-9-10(7-8-17)13(15-16)14(18)19/h3-6,9,17H,2,7-8H2,1H3,(H,18,19). The van der Waals surface area contributed by atoms with E-state index in [0.29, 0.717) is 12.2 Å². The Balaban J connectivity index is 2.32. The summed E-state index contributed by atoms with van der Waals surface area (Å²) in [6.45, 7) is 2.38. The van der Waals surface area contributed by atoms with Gasteiger partial charge in [0.05, 0.1) is 12.3 Å². The third-order valence-electron chi connectivity index (χ3n) is 2.79. The predicted molar refractivity (Wildman–Crippen MR) is 72.5 cm³/mol. The van der Waals surface area contributed by atoms with Crippen LogP contribution < -0.4 is 4.74 Å². The van der Waals surface area contributed by atoms with Crippen LogP contribution in [0.4, 0.5) is 0 Å².